The van der Waals surface area contributed by atoms with Crippen LogP contribution in [0.25, 0.3) is 0 Å². The van der Waals surface area contributed by atoms with Crippen molar-refractivity contribution in [2.75, 3.05) is 11.4 Å². The van der Waals surface area contributed by atoms with Crippen molar-refractivity contribution in [3.8, 4) is 5.75 Å². The summed E-state index contributed by atoms with van der Waals surface area (Å²) in [5, 5.41) is 10.9. The SMILES string of the molecule is CC1Oc2ccc([N+](=O)[O-])cc2N(CC(C)(C)N)C1=O. The zero-order chi connectivity index (χ0) is 15.1. The Morgan fingerprint density at radius 3 is 2.70 bits per heavy atom. The molecule has 7 nitrogen and oxygen atoms in total. The van der Waals surface area contributed by atoms with Crippen LogP contribution >= 0.6 is 0 Å². The lowest BCUT2D eigenvalue weighted by Gasteiger charge is -2.36. The minimum atomic E-state index is -0.633. The van der Waals surface area contributed by atoms with E-state index in [9.17, 15) is 14.9 Å². The van der Waals surface area contributed by atoms with Crippen LogP contribution in [0.3, 0.4) is 0 Å². The number of benzene rings is 1. The highest BCUT2D eigenvalue weighted by Gasteiger charge is 2.35. The number of amides is 1. The first-order valence-electron chi connectivity index (χ1n) is 6.24. The van der Waals surface area contributed by atoms with Crippen molar-refractivity contribution in [2.24, 2.45) is 5.73 Å². The quantitative estimate of drug-likeness (QED) is 0.666. The Balaban J connectivity index is 2.49. The number of ether oxygens (including phenoxy) is 1. The molecule has 2 rings (SSSR count). The van der Waals surface area contributed by atoms with E-state index in [1.807, 2.05) is 0 Å². The molecule has 0 saturated heterocycles. The van der Waals surface area contributed by atoms with Gasteiger partial charge in [0.05, 0.1) is 10.6 Å². The molecule has 0 aliphatic carbocycles. The van der Waals surface area contributed by atoms with Crippen molar-refractivity contribution in [1.82, 2.24) is 0 Å². The summed E-state index contributed by atoms with van der Waals surface area (Å²) in [5.41, 5.74) is 5.65. The first-order valence-corrected chi connectivity index (χ1v) is 6.24. The highest BCUT2D eigenvalue weighted by molar-refractivity contribution is 6.00. The Hall–Kier alpha value is -2.15. The van der Waals surface area contributed by atoms with Gasteiger partial charge in [-0.2, -0.15) is 0 Å². The monoisotopic (exact) mass is 279 g/mol. The van der Waals surface area contributed by atoms with E-state index < -0.39 is 16.6 Å². The van der Waals surface area contributed by atoms with Crippen LogP contribution in [0, 0.1) is 10.1 Å². The minimum Gasteiger partial charge on any atom is -0.479 e. The topological polar surface area (TPSA) is 98.7 Å². The summed E-state index contributed by atoms with van der Waals surface area (Å²) in [7, 11) is 0. The molecule has 0 bridgehead atoms. The number of nitro groups is 1. The van der Waals surface area contributed by atoms with Gasteiger partial charge in [0.2, 0.25) is 0 Å². The maximum absolute atomic E-state index is 12.2. The minimum absolute atomic E-state index is 0.0884. The Labute approximate surface area is 116 Å². The molecule has 0 saturated carbocycles. The van der Waals surface area contributed by atoms with Crippen LogP contribution in [0.4, 0.5) is 11.4 Å². The van der Waals surface area contributed by atoms with Crippen molar-refractivity contribution in [2.45, 2.75) is 32.4 Å². The van der Waals surface area contributed by atoms with Crippen LogP contribution in [0.15, 0.2) is 18.2 Å². The Kier molecular flexibility index (Phi) is 3.39. The van der Waals surface area contributed by atoms with Gasteiger partial charge in [-0.05, 0) is 26.8 Å². The number of rotatable bonds is 3. The summed E-state index contributed by atoms with van der Waals surface area (Å²) >= 11 is 0. The van der Waals surface area contributed by atoms with Crippen molar-refractivity contribution in [3.63, 3.8) is 0 Å². The van der Waals surface area contributed by atoms with Crippen LogP contribution in [-0.4, -0.2) is 29.0 Å². The highest BCUT2D eigenvalue weighted by Crippen LogP contribution is 2.37. The molecular weight excluding hydrogens is 262 g/mol. The van der Waals surface area contributed by atoms with E-state index in [0.29, 0.717) is 11.4 Å². The van der Waals surface area contributed by atoms with E-state index >= 15 is 0 Å². The van der Waals surface area contributed by atoms with Gasteiger partial charge in [-0.15, -0.1) is 0 Å². The van der Waals surface area contributed by atoms with Gasteiger partial charge in [0.25, 0.3) is 11.6 Å². The number of non-ortho nitro benzene ring substituents is 1. The fourth-order valence-corrected chi connectivity index (χ4v) is 2.08. The number of nitrogens with two attached hydrogens (primary N) is 1. The predicted molar refractivity (Wildman–Crippen MR) is 73.8 cm³/mol. The molecule has 1 amide bonds. The second kappa shape index (κ2) is 4.75. The van der Waals surface area contributed by atoms with E-state index in [-0.39, 0.29) is 18.1 Å². The smallest absolute Gasteiger partial charge is 0.271 e. The summed E-state index contributed by atoms with van der Waals surface area (Å²) < 4.78 is 5.47. The van der Waals surface area contributed by atoms with Gasteiger partial charge in [-0.25, -0.2) is 0 Å². The van der Waals surface area contributed by atoms with Crippen molar-refractivity contribution in [3.05, 3.63) is 28.3 Å². The molecule has 1 heterocycles. The van der Waals surface area contributed by atoms with E-state index in [1.165, 1.54) is 23.1 Å². The Morgan fingerprint density at radius 1 is 1.50 bits per heavy atom. The molecule has 0 fully saturated rings. The third kappa shape index (κ3) is 2.72. The van der Waals surface area contributed by atoms with Crippen molar-refractivity contribution < 1.29 is 14.5 Å². The molecule has 2 N–H and O–H groups in total. The molecule has 1 aromatic rings. The second-order valence-electron chi connectivity index (χ2n) is 5.58. The maximum atomic E-state index is 12.2. The lowest BCUT2D eigenvalue weighted by molar-refractivity contribution is -0.384. The molecule has 0 spiro atoms. The van der Waals surface area contributed by atoms with Gasteiger partial charge in [0, 0.05) is 24.2 Å². The van der Waals surface area contributed by atoms with Crippen LogP contribution in [-0.2, 0) is 4.79 Å². The van der Waals surface area contributed by atoms with Gasteiger partial charge < -0.3 is 15.4 Å². The summed E-state index contributed by atoms with van der Waals surface area (Å²) in [4.78, 5) is 24.0. The first-order chi connectivity index (χ1) is 9.19. The van der Waals surface area contributed by atoms with Gasteiger partial charge in [0.15, 0.2) is 6.10 Å². The number of anilines is 1. The normalized spacial score (nSPS) is 18.5. The van der Waals surface area contributed by atoms with E-state index in [0.717, 1.165) is 0 Å². The summed E-state index contributed by atoms with van der Waals surface area (Å²) in [6.45, 7) is 5.48. The number of nitrogens with zero attached hydrogens (tertiary/aromatic N) is 2. The maximum Gasteiger partial charge on any atom is 0.271 e. The van der Waals surface area contributed by atoms with E-state index in [4.69, 9.17) is 10.5 Å². The van der Waals surface area contributed by atoms with Gasteiger partial charge in [-0.1, -0.05) is 0 Å². The van der Waals surface area contributed by atoms with E-state index in [1.54, 1.807) is 20.8 Å². The zero-order valence-corrected chi connectivity index (χ0v) is 11.6. The van der Waals surface area contributed by atoms with Crippen molar-refractivity contribution in [1.29, 1.82) is 0 Å². The average Bonchev–Trinajstić information content (AvgIpc) is 2.33. The fourth-order valence-electron chi connectivity index (χ4n) is 2.08. The summed E-state index contributed by atoms with van der Waals surface area (Å²) in [5.74, 6) is 0.198. The number of hydrogen-bond acceptors (Lipinski definition) is 5. The molecule has 108 valence electrons. The summed E-state index contributed by atoms with van der Waals surface area (Å²) in [6.07, 6.45) is -0.633. The lowest BCUT2D eigenvalue weighted by Crippen LogP contribution is -2.53. The molecule has 7 heteroatoms. The summed E-state index contributed by atoms with van der Waals surface area (Å²) in [6, 6.07) is 4.20. The first kappa shape index (κ1) is 14.3. The van der Waals surface area contributed by atoms with Crippen LogP contribution < -0.4 is 15.4 Å². The lowest BCUT2D eigenvalue weighted by atomic mass is 10.0. The largest absolute Gasteiger partial charge is 0.479 e. The third-order valence-corrected chi connectivity index (χ3v) is 2.93. The Morgan fingerprint density at radius 2 is 2.15 bits per heavy atom. The van der Waals surface area contributed by atoms with Crippen molar-refractivity contribution >= 4 is 17.3 Å². The van der Waals surface area contributed by atoms with Gasteiger partial charge >= 0.3 is 0 Å². The molecule has 0 radical (unpaired) electrons. The number of carbonyl (C=O) groups excluding carboxylic acids is 1. The molecule has 1 aromatic carbocycles. The second-order valence-corrected chi connectivity index (χ2v) is 5.58. The van der Waals surface area contributed by atoms with Crippen LogP contribution in [0.5, 0.6) is 5.75 Å². The number of carbonyl (C=O) groups is 1. The predicted octanol–water partition coefficient (Wildman–Crippen LogP) is 1.45. The third-order valence-electron chi connectivity index (χ3n) is 2.93. The molecule has 1 aliphatic rings. The highest BCUT2D eigenvalue weighted by atomic mass is 16.6. The number of fused-ring (bicyclic) bond motifs is 1. The molecule has 1 atom stereocenters. The fraction of sp³-hybridized carbons (Fsp3) is 0.462. The standard InChI is InChI=1S/C13H17N3O4/c1-8-12(17)15(7-13(2,3)14)10-6-9(16(18)19)4-5-11(10)20-8/h4-6,8H,7,14H2,1-3H3. The molecule has 0 aromatic heterocycles. The van der Waals surface area contributed by atoms with E-state index in [2.05, 4.69) is 0 Å². The molecule has 1 unspecified atom stereocenters. The van der Waals surface area contributed by atoms with Crippen LogP contribution in [0.2, 0.25) is 0 Å². The van der Waals surface area contributed by atoms with Gasteiger partial charge in [0.1, 0.15) is 5.75 Å². The molecule has 1 aliphatic heterocycles. The zero-order valence-electron chi connectivity index (χ0n) is 11.6. The number of nitro benzene ring substituents is 1. The van der Waals surface area contributed by atoms with Crippen LogP contribution in [0.1, 0.15) is 20.8 Å². The van der Waals surface area contributed by atoms with Gasteiger partial charge in [-0.3, -0.25) is 14.9 Å². The average molecular weight is 279 g/mol. The molecule has 20 heavy (non-hydrogen) atoms. The molecular formula is C13H17N3O4. The number of hydrogen-bond donors (Lipinski definition) is 1. The Bertz CT molecular complexity index is 565.